The van der Waals surface area contributed by atoms with E-state index < -0.39 is 0 Å². The van der Waals surface area contributed by atoms with Crippen molar-refractivity contribution in [1.29, 1.82) is 0 Å². The van der Waals surface area contributed by atoms with Gasteiger partial charge in [0.05, 0.1) is 31.8 Å². The van der Waals surface area contributed by atoms with Gasteiger partial charge in [-0.05, 0) is 50.9 Å². The average Bonchev–Trinajstić information content (AvgIpc) is 2.55. The molecular formula is C18H28N2O3. The second kappa shape index (κ2) is 9.65. The van der Waals surface area contributed by atoms with Crippen molar-refractivity contribution in [3.8, 4) is 0 Å². The summed E-state index contributed by atoms with van der Waals surface area (Å²) in [5.74, 6) is 0.164. The van der Waals surface area contributed by atoms with Gasteiger partial charge < -0.3 is 20.1 Å². The Morgan fingerprint density at radius 1 is 1.39 bits per heavy atom. The van der Waals surface area contributed by atoms with E-state index in [2.05, 4.69) is 10.6 Å². The van der Waals surface area contributed by atoms with Crippen LogP contribution in [0.15, 0.2) is 24.3 Å². The zero-order valence-corrected chi connectivity index (χ0v) is 14.1. The lowest BCUT2D eigenvalue weighted by atomic mass is 9.99. The molecule has 128 valence electrons. The van der Waals surface area contributed by atoms with Crippen LogP contribution in [0.2, 0.25) is 0 Å². The average molecular weight is 320 g/mol. The third-order valence-corrected chi connectivity index (χ3v) is 3.81. The van der Waals surface area contributed by atoms with E-state index in [0.29, 0.717) is 19.8 Å². The number of carbonyl (C=O) groups is 1. The normalized spacial score (nSPS) is 18.1. The zero-order chi connectivity index (χ0) is 16.5. The summed E-state index contributed by atoms with van der Waals surface area (Å²) in [4.78, 5) is 12.2. The molecule has 1 saturated heterocycles. The molecule has 1 fully saturated rings. The van der Waals surface area contributed by atoms with E-state index >= 15 is 0 Å². The van der Waals surface area contributed by atoms with E-state index in [0.717, 1.165) is 37.2 Å². The summed E-state index contributed by atoms with van der Waals surface area (Å²) in [7, 11) is 0. The van der Waals surface area contributed by atoms with Crippen LogP contribution < -0.4 is 10.6 Å². The quantitative estimate of drug-likeness (QED) is 0.723. The number of carbonyl (C=O) groups excluding carboxylic acids is 1. The van der Waals surface area contributed by atoms with Gasteiger partial charge in [-0.25, -0.2) is 0 Å². The fourth-order valence-electron chi connectivity index (χ4n) is 2.59. The van der Waals surface area contributed by atoms with Gasteiger partial charge in [0.2, 0.25) is 5.91 Å². The molecule has 1 aliphatic heterocycles. The second-order valence-corrected chi connectivity index (χ2v) is 6.21. The van der Waals surface area contributed by atoms with Crippen LogP contribution in [-0.4, -0.2) is 38.3 Å². The smallest absolute Gasteiger partial charge is 0.228 e. The summed E-state index contributed by atoms with van der Waals surface area (Å²) < 4.78 is 11.0. The molecule has 1 aromatic carbocycles. The van der Waals surface area contributed by atoms with Gasteiger partial charge >= 0.3 is 0 Å². The van der Waals surface area contributed by atoms with Crippen LogP contribution in [0.5, 0.6) is 0 Å². The first kappa shape index (κ1) is 17.9. The molecule has 0 bridgehead atoms. The Hall–Kier alpha value is -1.43. The maximum atomic E-state index is 12.2. The Balaban J connectivity index is 1.76. The zero-order valence-electron chi connectivity index (χ0n) is 14.1. The van der Waals surface area contributed by atoms with Crippen LogP contribution in [0.1, 0.15) is 32.3 Å². The molecule has 5 nitrogen and oxygen atoms in total. The number of ether oxygens (including phenoxy) is 2. The standard InChI is InChI=1S/C18H28N2O3/c1-14(2)23-10-9-22-13-15-5-3-7-17(11-15)20-18(21)16-6-4-8-19-12-16/h3,5,7,11,14,16,19H,4,6,8-10,12-13H2,1-2H3,(H,20,21). The molecular weight excluding hydrogens is 292 g/mol. The van der Waals surface area contributed by atoms with Crippen molar-refractivity contribution in [2.75, 3.05) is 31.6 Å². The Morgan fingerprint density at radius 2 is 2.26 bits per heavy atom. The first-order valence-electron chi connectivity index (χ1n) is 8.45. The van der Waals surface area contributed by atoms with E-state index in [1.54, 1.807) is 0 Å². The van der Waals surface area contributed by atoms with E-state index in [-0.39, 0.29) is 17.9 Å². The van der Waals surface area contributed by atoms with Crippen LogP contribution >= 0.6 is 0 Å². The first-order chi connectivity index (χ1) is 11.1. The number of piperidine rings is 1. The second-order valence-electron chi connectivity index (χ2n) is 6.21. The minimum atomic E-state index is 0.0665. The highest BCUT2D eigenvalue weighted by molar-refractivity contribution is 5.92. The number of anilines is 1. The third kappa shape index (κ3) is 6.69. The first-order valence-corrected chi connectivity index (χ1v) is 8.45. The van der Waals surface area contributed by atoms with E-state index in [1.165, 1.54) is 0 Å². The molecule has 23 heavy (non-hydrogen) atoms. The molecule has 0 aromatic heterocycles. The topological polar surface area (TPSA) is 59.6 Å². The van der Waals surface area contributed by atoms with Gasteiger partial charge in [0.1, 0.15) is 0 Å². The number of rotatable bonds is 8. The van der Waals surface area contributed by atoms with Crippen molar-refractivity contribution in [2.24, 2.45) is 5.92 Å². The van der Waals surface area contributed by atoms with Crippen molar-refractivity contribution in [2.45, 2.75) is 39.4 Å². The highest BCUT2D eigenvalue weighted by Crippen LogP contribution is 2.16. The molecule has 2 rings (SSSR count). The minimum Gasteiger partial charge on any atom is -0.376 e. The third-order valence-electron chi connectivity index (χ3n) is 3.81. The van der Waals surface area contributed by atoms with Gasteiger partial charge in [0, 0.05) is 12.2 Å². The molecule has 1 unspecified atom stereocenters. The molecule has 1 heterocycles. The Bertz CT molecular complexity index is 485. The van der Waals surface area contributed by atoms with Gasteiger partial charge in [-0.1, -0.05) is 12.1 Å². The fraction of sp³-hybridized carbons (Fsp3) is 0.611. The minimum absolute atomic E-state index is 0.0665. The lowest BCUT2D eigenvalue weighted by Crippen LogP contribution is -2.37. The number of amides is 1. The maximum Gasteiger partial charge on any atom is 0.228 e. The van der Waals surface area contributed by atoms with Gasteiger partial charge in [-0.2, -0.15) is 0 Å². The number of benzene rings is 1. The van der Waals surface area contributed by atoms with Crippen molar-refractivity contribution >= 4 is 11.6 Å². The van der Waals surface area contributed by atoms with Gasteiger partial charge in [0.15, 0.2) is 0 Å². The van der Waals surface area contributed by atoms with Crippen LogP contribution in [0.25, 0.3) is 0 Å². The Labute approximate surface area is 138 Å². The molecule has 2 N–H and O–H groups in total. The van der Waals surface area contributed by atoms with Crippen molar-refractivity contribution < 1.29 is 14.3 Å². The van der Waals surface area contributed by atoms with Crippen molar-refractivity contribution in [3.63, 3.8) is 0 Å². The summed E-state index contributed by atoms with van der Waals surface area (Å²) in [5, 5.41) is 6.28. The summed E-state index contributed by atoms with van der Waals surface area (Å²) in [6, 6.07) is 7.83. The number of hydrogen-bond acceptors (Lipinski definition) is 4. The van der Waals surface area contributed by atoms with Crippen molar-refractivity contribution in [3.05, 3.63) is 29.8 Å². The number of hydrogen-bond donors (Lipinski definition) is 2. The molecule has 5 heteroatoms. The highest BCUT2D eigenvalue weighted by Gasteiger charge is 2.20. The van der Waals surface area contributed by atoms with E-state index in [4.69, 9.17) is 9.47 Å². The molecule has 0 spiro atoms. The molecule has 1 atom stereocenters. The lowest BCUT2D eigenvalue weighted by Gasteiger charge is -2.22. The molecule has 1 aromatic rings. The van der Waals surface area contributed by atoms with E-state index in [1.807, 2.05) is 38.1 Å². The molecule has 1 aliphatic rings. The monoisotopic (exact) mass is 320 g/mol. The Morgan fingerprint density at radius 3 is 3.00 bits per heavy atom. The maximum absolute atomic E-state index is 12.2. The van der Waals surface area contributed by atoms with Crippen LogP contribution in [0.4, 0.5) is 5.69 Å². The summed E-state index contributed by atoms with van der Waals surface area (Å²) in [5.41, 5.74) is 1.88. The Kier molecular flexibility index (Phi) is 7.52. The molecule has 1 amide bonds. The van der Waals surface area contributed by atoms with Crippen LogP contribution in [-0.2, 0) is 20.9 Å². The predicted molar refractivity (Wildman–Crippen MR) is 91.4 cm³/mol. The van der Waals surface area contributed by atoms with Crippen LogP contribution in [0, 0.1) is 5.92 Å². The van der Waals surface area contributed by atoms with E-state index in [9.17, 15) is 4.79 Å². The summed E-state index contributed by atoms with van der Waals surface area (Å²) in [6.45, 7) is 7.49. The van der Waals surface area contributed by atoms with Crippen molar-refractivity contribution in [1.82, 2.24) is 5.32 Å². The van der Waals surface area contributed by atoms with Gasteiger partial charge in [0.25, 0.3) is 0 Å². The highest BCUT2D eigenvalue weighted by atomic mass is 16.5. The van der Waals surface area contributed by atoms with Gasteiger partial charge in [-0.15, -0.1) is 0 Å². The molecule has 0 radical (unpaired) electrons. The largest absolute Gasteiger partial charge is 0.376 e. The lowest BCUT2D eigenvalue weighted by molar-refractivity contribution is -0.120. The summed E-state index contributed by atoms with van der Waals surface area (Å²) >= 11 is 0. The summed E-state index contributed by atoms with van der Waals surface area (Å²) in [6.07, 6.45) is 2.24. The number of nitrogens with one attached hydrogen (secondary N) is 2. The van der Waals surface area contributed by atoms with Gasteiger partial charge in [-0.3, -0.25) is 4.79 Å². The van der Waals surface area contributed by atoms with Crippen LogP contribution in [0.3, 0.4) is 0 Å². The predicted octanol–water partition coefficient (Wildman–Crippen LogP) is 2.57. The SMILES string of the molecule is CC(C)OCCOCc1cccc(NC(=O)C2CCCNC2)c1. The molecule has 0 aliphatic carbocycles. The molecule has 0 saturated carbocycles. The fourth-order valence-corrected chi connectivity index (χ4v) is 2.59.